The SMILES string of the molecule is C=CCOC(=O)N1CCN(C(=O)OC2CNC2)CC1. The van der Waals surface area contributed by atoms with Crippen LogP contribution < -0.4 is 5.32 Å². The second kappa shape index (κ2) is 6.42. The molecule has 7 nitrogen and oxygen atoms in total. The summed E-state index contributed by atoms with van der Waals surface area (Å²) in [5, 5.41) is 3.04. The lowest BCUT2D eigenvalue weighted by Crippen LogP contribution is -2.54. The van der Waals surface area contributed by atoms with Crippen molar-refractivity contribution in [2.75, 3.05) is 45.9 Å². The van der Waals surface area contributed by atoms with Gasteiger partial charge in [0.25, 0.3) is 0 Å². The van der Waals surface area contributed by atoms with Gasteiger partial charge in [-0.3, -0.25) is 0 Å². The summed E-state index contributed by atoms with van der Waals surface area (Å²) in [5.41, 5.74) is 0. The molecule has 106 valence electrons. The molecule has 2 aliphatic rings. The fraction of sp³-hybridized carbons (Fsp3) is 0.667. The van der Waals surface area contributed by atoms with Gasteiger partial charge in [0.1, 0.15) is 12.7 Å². The second-order valence-electron chi connectivity index (χ2n) is 4.50. The third-order valence-corrected chi connectivity index (χ3v) is 3.13. The van der Waals surface area contributed by atoms with Gasteiger partial charge in [0.2, 0.25) is 0 Å². The Hall–Kier alpha value is -1.76. The van der Waals surface area contributed by atoms with Crippen LogP contribution in [0.3, 0.4) is 0 Å². The van der Waals surface area contributed by atoms with Crippen molar-refractivity contribution in [2.24, 2.45) is 0 Å². The van der Waals surface area contributed by atoms with Crippen molar-refractivity contribution >= 4 is 12.2 Å². The Balaban J connectivity index is 1.70. The van der Waals surface area contributed by atoms with E-state index in [1.54, 1.807) is 9.80 Å². The first kappa shape index (κ1) is 13.7. The molecule has 2 aliphatic heterocycles. The molecular formula is C12H19N3O4. The van der Waals surface area contributed by atoms with Crippen LogP contribution in [0.2, 0.25) is 0 Å². The predicted molar refractivity (Wildman–Crippen MR) is 67.8 cm³/mol. The molecule has 0 aromatic heterocycles. The normalized spacial score (nSPS) is 19.6. The van der Waals surface area contributed by atoms with Gasteiger partial charge in [-0.2, -0.15) is 0 Å². The molecule has 2 saturated heterocycles. The molecule has 7 heteroatoms. The summed E-state index contributed by atoms with van der Waals surface area (Å²) in [6.45, 7) is 7.01. The van der Waals surface area contributed by atoms with Crippen molar-refractivity contribution in [1.82, 2.24) is 15.1 Å². The van der Waals surface area contributed by atoms with Crippen LogP contribution >= 0.6 is 0 Å². The van der Waals surface area contributed by atoms with E-state index in [0.29, 0.717) is 26.2 Å². The first-order valence-corrected chi connectivity index (χ1v) is 6.39. The van der Waals surface area contributed by atoms with Crippen LogP contribution in [0.25, 0.3) is 0 Å². The molecule has 0 atom stereocenters. The van der Waals surface area contributed by atoms with E-state index in [2.05, 4.69) is 11.9 Å². The van der Waals surface area contributed by atoms with Crippen LogP contribution in [0.15, 0.2) is 12.7 Å². The zero-order chi connectivity index (χ0) is 13.7. The van der Waals surface area contributed by atoms with Crippen LogP contribution in [0.4, 0.5) is 9.59 Å². The summed E-state index contributed by atoms with van der Waals surface area (Å²) in [7, 11) is 0. The molecule has 0 aliphatic carbocycles. The van der Waals surface area contributed by atoms with E-state index in [4.69, 9.17) is 9.47 Å². The fourth-order valence-electron chi connectivity index (χ4n) is 1.86. The fourth-order valence-corrected chi connectivity index (χ4v) is 1.86. The Kier molecular flexibility index (Phi) is 4.62. The first-order valence-electron chi connectivity index (χ1n) is 6.39. The molecule has 2 fully saturated rings. The standard InChI is InChI=1S/C12H19N3O4/c1-2-7-18-11(16)14-3-5-15(6-4-14)12(17)19-10-8-13-9-10/h2,10,13H,1,3-9H2. The molecule has 0 bridgehead atoms. The molecule has 0 aromatic carbocycles. The highest BCUT2D eigenvalue weighted by molar-refractivity contribution is 5.70. The second-order valence-corrected chi connectivity index (χ2v) is 4.50. The van der Waals surface area contributed by atoms with Crippen LogP contribution in [0.1, 0.15) is 0 Å². The molecule has 0 saturated carbocycles. The molecule has 0 radical (unpaired) electrons. The number of carbonyl (C=O) groups excluding carboxylic acids is 2. The molecule has 2 heterocycles. The van der Waals surface area contributed by atoms with Gasteiger partial charge in [-0.05, 0) is 0 Å². The summed E-state index contributed by atoms with van der Waals surface area (Å²) in [4.78, 5) is 26.6. The molecule has 2 amide bonds. The van der Waals surface area contributed by atoms with E-state index in [1.165, 1.54) is 6.08 Å². The number of nitrogens with zero attached hydrogens (tertiary/aromatic N) is 2. The number of carbonyl (C=O) groups is 2. The maximum atomic E-state index is 11.8. The summed E-state index contributed by atoms with van der Waals surface area (Å²) in [5.74, 6) is 0. The maximum absolute atomic E-state index is 11.8. The summed E-state index contributed by atoms with van der Waals surface area (Å²) in [6.07, 6.45) is 0.850. The maximum Gasteiger partial charge on any atom is 0.410 e. The average Bonchev–Trinajstić information content (AvgIpc) is 2.40. The molecular weight excluding hydrogens is 250 g/mol. The Bertz CT molecular complexity index is 349. The van der Waals surface area contributed by atoms with Crippen molar-refractivity contribution in [3.63, 3.8) is 0 Å². The molecule has 2 rings (SSSR count). The predicted octanol–water partition coefficient (Wildman–Crippen LogP) is 0.0350. The quantitative estimate of drug-likeness (QED) is 0.732. The van der Waals surface area contributed by atoms with Gasteiger partial charge in [0, 0.05) is 39.3 Å². The molecule has 1 N–H and O–H groups in total. The van der Waals surface area contributed by atoms with Crippen molar-refractivity contribution in [3.8, 4) is 0 Å². The number of rotatable bonds is 3. The van der Waals surface area contributed by atoms with E-state index < -0.39 is 0 Å². The summed E-state index contributed by atoms with van der Waals surface area (Å²) in [6, 6.07) is 0. The monoisotopic (exact) mass is 269 g/mol. The highest BCUT2D eigenvalue weighted by atomic mass is 16.6. The number of amides is 2. The molecule has 0 spiro atoms. The molecule has 0 aromatic rings. The highest BCUT2D eigenvalue weighted by Gasteiger charge is 2.28. The number of nitrogens with one attached hydrogen (secondary N) is 1. The first-order chi connectivity index (χ1) is 9.20. The largest absolute Gasteiger partial charge is 0.445 e. The smallest absolute Gasteiger partial charge is 0.410 e. The minimum absolute atomic E-state index is 0.0110. The van der Waals surface area contributed by atoms with E-state index >= 15 is 0 Å². The molecule has 0 unspecified atom stereocenters. The van der Waals surface area contributed by atoms with Crippen molar-refractivity contribution in [1.29, 1.82) is 0 Å². The van der Waals surface area contributed by atoms with Gasteiger partial charge in [0.05, 0.1) is 0 Å². The van der Waals surface area contributed by atoms with Gasteiger partial charge in [0.15, 0.2) is 0 Å². The third-order valence-electron chi connectivity index (χ3n) is 3.13. The zero-order valence-electron chi connectivity index (χ0n) is 10.8. The van der Waals surface area contributed by atoms with Gasteiger partial charge < -0.3 is 24.6 Å². The summed E-state index contributed by atoms with van der Waals surface area (Å²) >= 11 is 0. The van der Waals surface area contributed by atoms with E-state index in [1.807, 2.05) is 0 Å². The Morgan fingerprint density at radius 3 is 2.21 bits per heavy atom. The van der Waals surface area contributed by atoms with Gasteiger partial charge in [-0.15, -0.1) is 0 Å². The summed E-state index contributed by atoms with van der Waals surface area (Å²) < 4.78 is 10.2. The minimum Gasteiger partial charge on any atom is -0.445 e. The lowest BCUT2D eigenvalue weighted by Gasteiger charge is -2.35. The van der Waals surface area contributed by atoms with E-state index in [9.17, 15) is 9.59 Å². The topological polar surface area (TPSA) is 71.1 Å². The van der Waals surface area contributed by atoms with Gasteiger partial charge >= 0.3 is 12.2 Å². The number of hydrogen-bond acceptors (Lipinski definition) is 5. The van der Waals surface area contributed by atoms with E-state index in [-0.39, 0.29) is 24.9 Å². The lowest BCUT2D eigenvalue weighted by atomic mass is 10.2. The van der Waals surface area contributed by atoms with Crippen molar-refractivity contribution < 1.29 is 19.1 Å². The zero-order valence-corrected chi connectivity index (χ0v) is 10.8. The number of piperazine rings is 1. The third kappa shape index (κ3) is 3.60. The van der Waals surface area contributed by atoms with Gasteiger partial charge in [-0.1, -0.05) is 12.7 Å². The lowest BCUT2D eigenvalue weighted by molar-refractivity contribution is 0.0256. The Morgan fingerprint density at radius 2 is 1.74 bits per heavy atom. The highest BCUT2D eigenvalue weighted by Crippen LogP contribution is 2.08. The van der Waals surface area contributed by atoms with Crippen LogP contribution in [0, 0.1) is 0 Å². The molecule has 19 heavy (non-hydrogen) atoms. The number of hydrogen-bond donors (Lipinski definition) is 1. The Labute approximate surface area is 112 Å². The van der Waals surface area contributed by atoms with E-state index in [0.717, 1.165) is 13.1 Å². The van der Waals surface area contributed by atoms with Crippen LogP contribution in [-0.2, 0) is 9.47 Å². The Morgan fingerprint density at radius 1 is 1.16 bits per heavy atom. The van der Waals surface area contributed by atoms with Crippen LogP contribution in [-0.4, -0.2) is 74.0 Å². The average molecular weight is 269 g/mol. The van der Waals surface area contributed by atoms with Gasteiger partial charge in [-0.25, -0.2) is 9.59 Å². The van der Waals surface area contributed by atoms with Crippen molar-refractivity contribution in [2.45, 2.75) is 6.10 Å². The number of ether oxygens (including phenoxy) is 2. The van der Waals surface area contributed by atoms with Crippen LogP contribution in [0.5, 0.6) is 0 Å². The minimum atomic E-state index is -0.365. The van der Waals surface area contributed by atoms with Crippen molar-refractivity contribution in [3.05, 3.63) is 12.7 Å².